The van der Waals surface area contributed by atoms with Crippen molar-refractivity contribution in [2.24, 2.45) is 5.73 Å². The average molecular weight is 298 g/mol. The van der Waals surface area contributed by atoms with Crippen molar-refractivity contribution >= 4 is 21.8 Å². The summed E-state index contributed by atoms with van der Waals surface area (Å²) >= 11 is 2.86. The van der Waals surface area contributed by atoms with Gasteiger partial charge in [-0.1, -0.05) is 0 Å². The molecule has 1 rings (SSSR count). The standard InChI is InChI=1S/C9H7BrF3NO2/c1-16-5-3-2-4(9(11,12)13)6(7(5)10)8(14)15/h2-3H,1H3,(H2,14,15). The third-order valence-electron chi connectivity index (χ3n) is 1.88. The molecular formula is C9H7BrF3NO2. The van der Waals surface area contributed by atoms with E-state index in [1.807, 2.05) is 0 Å². The highest BCUT2D eigenvalue weighted by atomic mass is 79.9. The number of primary amides is 1. The lowest BCUT2D eigenvalue weighted by Crippen LogP contribution is -2.19. The summed E-state index contributed by atoms with van der Waals surface area (Å²) in [7, 11) is 1.28. The minimum absolute atomic E-state index is 0.0997. The Bertz CT molecular complexity index is 431. The predicted octanol–water partition coefficient (Wildman–Crippen LogP) is 2.58. The van der Waals surface area contributed by atoms with Crippen LogP contribution in [-0.4, -0.2) is 13.0 Å². The van der Waals surface area contributed by atoms with E-state index in [4.69, 9.17) is 10.5 Å². The molecule has 7 heteroatoms. The fourth-order valence-electron chi connectivity index (χ4n) is 1.19. The van der Waals surface area contributed by atoms with Crippen molar-refractivity contribution in [3.8, 4) is 5.75 Å². The van der Waals surface area contributed by atoms with Gasteiger partial charge in [0.05, 0.1) is 22.7 Å². The van der Waals surface area contributed by atoms with Gasteiger partial charge in [-0.25, -0.2) is 0 Å². The van der Waals surface area contributed by atoms with Crippen LogP contribution in [0, 0.1) is 0 Å². The molecule has 0 aromatic heterocycles. The maximum Gasteiger partial charge on any atom is 0.417 e. The minimum atomic E-state index is -4.64. The molecule has 0 spiro atoms. The van der Waals surface area contributed by atoms with E-state index in [9.17, 15) is 18.0 Å². The van der Waals surface area contributed by atoms with Crippen LogP contribution in [0.2, 0.25) is 0 Å². The zero-order valence-corrected chi connectivity index (χ0v) is 9.65. The number of amides is 1. The highest BCUT2D eigenvalue weighted by molar-refractivity contribution is 9.10. The van der Waals surface area contributed by atoms with Gasteiger partial charge in [0, 0.05) is 0 Å². The number of benzene rings is 1. The number of carbonyl (C=O) groups is 1. The second-order valence-corrected chi connectivity index (χ2v) is 3.66. The van der Waals surface area contributed by atoms with Crippen molar-refractivity contribution in [2.45, 2.75) is 6.18 Å². The van der Waals surface area contributed by atoms with E-state index < -0.39 is 23.2 Å². The molecule has 0 radical (unpaired) electrons. The van der Waals surface area contributed by atoms with Gasteiger partial charge < -0.3 is 10.5 Å². The zero-order valence-electron chi connectivity index (χ0n) is 8.06. The molecule has 0 fully saturated rings. The van der Waals surface area contributed by atoms with Crippen LogP contribution in [0.4, 0.5) is 13.2 Å². The molecule has 1 amide bonds. The van der Waals surface area contributed by atoms with Crippen molar-refractivity contribution in [2.75, 3.05) is 7.11 Å². The van der Waals surface area contributed by atoms with E-state index in [1.54, 1.807) is 0 Å². The average Bonchev–Trinajstić information content (AvgIpc) is 2.15. The van der Waals surface area contributed by atoms with Crippen LogP contribution >= 0.6 is 15.9 Å². The summed E-state index contributed by atoms with van der Waals surface area (Å²) in [4.78, 5) is 11.0. The molecule has 3 nitrogen and oxygen atoms in total. The first-order valence-electron chi connectivity index (χ1n) is 4.02. The Morgan fingerprint density at radius 3 is 2.38 bits per heavy atom. The Kier molecular flexibility index (Phi) is 3.47. The summed E-state index contributed by atoms with van der Waals surface area (Å²) in [5.74, 6) is -1.06. The Morgan fingerprint density at radius 2 is 2.00 bits per heavy atom. The molecule has 0 saturated carbocycles. The second kappa shape index (κ2) is 4.32. The first-order chi connectivity index (χ1) is 7.29. The van der Waals surface area contributed by atoms with Gasteiger partial charge in [0.2, 0.25) is 0 Å². The number of methoxy groups -OCH3 is 1. The summed E-state index contributed by atoms with van der Waals surface area (Å²) in [5, 5.41) is 0. The van der Waals surface area contributed by atoms with Crippen LogP contribution in [0.15, 0.2) is 16.6 Å². The molecule has 0 saturated heterocycles. The molecule has 0 heterocycles. The lowest BCUT2D eigenvalue weighted by atomic mass is 10.1. The van der Waals surface area contributed by atoms with Crippen molar-refractivity contribution < 1.29 is 22.7 Å². The molecule has 0 unspecified atom stereocenters. The van der Waals surface area contributed by atoms with Gasteiger partial charge in [0.15, 0.2) is 0 Å². The Labute approximate surface area is 97.5 Å². The summed E-state index contributed by atoms with van der Waals surface area (Å²) in [6.07, 6.45) is -4.64. The van der Waals surface area contributed by atoms with Gasteiger partial charge in [0.25, 0.3) is 5.91 Å². The van der Waals surface area contributed by atoms with E-state index in [2.05, 4.69) is 15.9 Å². The zero-order chi connectivity index (χ0) is 12.5. The molecule has 0 aliphatic heterocycles. The topological polar surface area (TPSA) is 52.3 Å². The van der Waals surface area contributed by atoms with Gasteiger partial charge >= 0.3 is 6.18 Å². The number of hydrogen-bond donors (Lipinski definition) is 1. The predicted molar refractivity (Wildman–Crippen MR) is 54.2 cm³/mol. The normalized spacial score (nSPS) is 11.3. The largest absolute Gasteiger partial charge is 0.496 e. The second-order valence-electron chi connectivity index (χ2n) is 2.87. The minimum Gasteiger partial charge on any atom is -0.496 e. The van der Waals surface area contributed by atoms with Crippen LogP contribution in [0.3, 0.4) is 0 Å². The van der Waals surface area contributed by atoms with Crippen molar-refractivity contribution in [3.63, 3.8) is 0 Å². The fourth-order valence-corrected chi connectivity index (χ4v) is 1.89. The molecule has 0 aliphatic carbocycles. The van der Waals surface area contributed by atoms with Gasteiger partial charge in [-0.2, -0.15) is 13.2 Å². The molecule has 0 aliphatic rings. The highest BCUT2D eigenvalue weighted by Gasteiger charge is 2.36. The van der Waals surface area contributed by atoms with Gasteiger partial charge in [-0.15, -0.1) is 0 Å². The van der Waals surface area contributed by atoms with Crippen molar-refractivity contribution in [3.05, 3.63) is 27.7 Å². The molecule has 16 heavy (non-hydrogen) atoms. The number of ether oxygens (including phenoxy) is 1. The fraction of sp³-hybridized carbons (Fsp3) is 0.222. The van der Waals surface area contributed by atoms with E-state index in [1.165, 1.54) is 7.11 Å². The summed E-state index contributed by atoms with van der Waals surface area (Å²) in [6.45, 7) is 0. The van der Waals surface area contributed by atoms with Crippen LogP contribution in [0.25, 0.3) is 0 Å². The van der Waals surface area contributed by atoms with E-state index in [-0.39, 0.29) is 10.2 Å². The maximum absolute atomic E-state index is 12.6. The van der Waals surface area contributed by atoms with E-state index in [0.717, 1.165) is 12.1 Å². The highest BCUT2D eigenvalue weighted by Crippen LogP contribution is 2.38. The van der Waals surface area contributed by atoms with Crippen LogP contribution < -0.4 is 10.5 Å². The summed E-state index contributed by atoms with van der Waals surface area (Å²) in [5.41, 5.74) is 3.19. The molecular weight excluding hydrogens is 291 g/mol. The number of carbonyl (C=O) groups excluding carboxylic acids is 1. The number of nitrogens with two attached hydrogens (primary N) is 1. The number of rotatable bonds is 2. The first kappa shape index (κ1) is 12.8. The number of alkyl halides is 3. The summed E-state index contributed by atoms with van der Waals surface area (Å²) < 4.78 is 42.3. The smallest absolute Gasteiger partial charge is 0.417 e. The molecule has 2 N–H and O–H groups in total. The van der Waals surface area contributed by atoms with Gasteiger partial charge in [0.1, 0.15) is 5.75 Å². The SMILES string of the molecule is COc1ccc(C(F)(F)F)c(C(N)=O)c1Br. The summed E-state index contributed by atoms with van der Waals surface area (Å²) in [6, 6.07) is 1.86. The van der Waals surface area contributed by atoms with Gasteiger partial charge in [-0.3, -0.25) is 4.79 Å². The molecule has 0 atom stereocenters. The molecule has 88 valence electrons. The Morgan fingerprint density at radius 1 is 1.44 bits per heavy atom. The lowest BCUT2D eigenvalue weighted by Gasteiger charge is -2.14. The van der Waals surface area contributed by atoms with E-state index >= 15 is 0 Å². The third kappa shape index (κ3) is 2.29. The van der Waals surface area contributed by atoms with Crippen LogP contribution in [0.5, 0.6) is 5.75 Å². The van der Waals surface area contributed by atoms with Crippen LogP contribution in [0.1, 0.15) is 15.9 Å². The Hall–Kier alpha value is -1.24. The number of hydrogen-bond acceptors (Lipinski definition) is 2. The van der Waals surface area contributed by atoms with Crippen LogP contribution in [-0.2, 0) is 6.18 Å². The quantitative estimate of drug-likeness (QED) is 0.912. The monoisotopic (exact) mass is 297 g/mol. The molecule has 0 bridgehead atoms. The lowest BCUT2D eigenvalue weighted by molar-refractivity contribution is -0.138. The van der Waals surface area contributed by atoms with Crippen molar-refractivity contribution in [1.82, 2.24) is 0 Å². The molecule has 1 aromatic carbocycles. The number of halogens is 4. The maximum atomic E-state index is 12.6. The van der Waals surface area contributed by atoms with Gasteiger partial charge in [-0.05, 0) is 28.1 Å². The first-order valence-corrected chi connectivity index (χ1v) is 4.81. The van der Waals surface area contributed by atoms with Crippen molar-refractivity contribution in [1.29, 1.82) is 0 Å². The third-order valence-corrected chi connectivity index (χ3v) is 2.67. The van der Waals surface area contributed by atoms with E-state index in [0.29, 0.717) is 0 Å². The molecule has 1 aromatic rings. The Balaban J connectivity index is 3.53.